The fourth-order valence-corrected chi connectivity index (χ4v) is 3.22. The molecule has 0 saturated heterocycles. The quantitative estimate of drug-likeness (QED) is 0.824. The van der Waals surface area contributed by atoms with E-state index in [1.54, 1.807) is 19.1 Å². The van der Waals surface area contributed by atoms with Gasteiger partial charge in [-0.25, -0.2) is 13.2 Å². The highest BCUT2D eigenvalue weighted by atomic mass is 32.2. The number of hydrogen-bond donors (Lipinski definition) is 1. The third kappa shape index (κ3) is 4.10. The van der Waals surface area contributed by atoms with E-state index in [1.807, 2.05) is 19.1 Å². The second kappa shape index (κ2) is 7.28. The van der Waals surface area contributed by atoms with Gasteiger partial charge in [0.25, 0.3) is 10.0 Å². The van der Waals surface area contributed by atoms with Crippen LogP contribution >= 0.6 is 0 Å². The Morgan fingerprint density at radius 2 is 1.70 bits per heavy atom. The summed E-state index contributed by atoms with van der Waals surface area (Å²) in [6.45, 7) is 3.95. The van der Waals surface area contributed by atoms with Crippen molar-refractivity contribution in [3.8, 4) is 0 Å². The molecule has 0 atom stereocenters. The fraction of sp³-hybridized carbons (Fsp3) is 0.235. The van der Waals surface area contributed by atoms with Gasteiger partial charge in [-0.2, -0.15) is 0 Å². The lowest BCUT2D eigenvalue weighted by atomic mass is 10.1. The molecule has 6 heteroatoms. The van der Waals surface area contributed by atoms with Gasteiger partial charge in [0.05, 0.1) is 22.8 Å². The molecule has 0 aliphatic heterocycles. The van der Waals surface area contributed by atoms with Crippen molar-refractivity contribution >= 4 is 21.7 Å². The lowest BCUT2D eigenvalue weighted by molar-refractivity contribution is 0.0526. The summed E-state index contributed by atoms with van der Waals surface area (Å²) < 4.78 is 32.4. The normalized spacial score (nSPS) is 11.0. The highest BCUT2D eigenvalue weighted by Gasteiger charge is 2.16. The predicted octanol–water partition coefficient (Wildman–Crippen LogP) is 3.23. The van der Waals surface area contributed by atoms with Gasteiger partial charge in [0.2, 0.25) is 0 Å². The zero-order chi connectivity index (χ0) is 16.9. The summed E-state index contributed by atoms with van der Waals surface area (Å²) in [5, 5.41) is 0. The molecule has 0 bridgehead atoms. The molecule has 0 heterocycles. The number of aryl methyl sites for hydroxylation is 1. The number of esters is 1. The Bertz CT molecular complexity index is 782. The van der Waals surface area contributed by atoms with Crippen molar-refractivity contribution in [2.75, 3.05) is 11.3 Å². The first-order chi connectivity index (χ1) is 11.0. The molecule has 1 N–H and O–H groups in total. The van der Waals surface area contributed by atoms with Crippen LogP contribution in [0.25, 0.3) is 0 Å². The van der Waals surface area contributed by atoms with Crippen LogP contribution in [0.5, 0.6) is 0 Å². The van der Waals surface area contributed by atoms with Crippen LogP contribution in [0.3, 0.4) is 0 Å². The largest absolute Gasteiger partial charge is 0.462 e. The zero-order valence-electron chi connectivity index (χ0n) is 13.1. The Morgan fingerprint density at radius 3 is 2.30 bits per heavy atom. The SMILES string of the molecule is CCOC(=O)c1ccc(S(=O)(=O)Nc2ccccc2CC)cc1. The molecule has 122 valence electrons. The van der Waals surface area contributed by atoms with Gasteiger partial charge in [0.1, 0.15) is 0 Å². The van der Waals surface area contributed by atoms with Crippen molar-refractivity contribution in [2.24, 2.45) is 0 Å². The van der Waals surface area contributed by atoms with E-state index >= 15 is 0 Å². The van der Waals surface area contributed by atoms with Crippen LogP contribution < -0.4 is 4.72 Å². The van der Waals surface area contributed by atoms with Crippen LogP contribution in [-0.4, -0.2) is 21.0 Å². The van der Waals surface area contributed by atoms with Crippen molar-refractivity contribution in [1.82, 2.24) is 0 Å². The second-order valence-corrected chi connectivity index (χ2v) is 6.54. The van der Waals surface area contributed by atoms with Gasteiger partial charge in [-0.05, 0) is 49.2 Å². The van der Waals surface area contributed by atoms with Gasteiger partial charge in [0, 0.05) is 0 Å². The van der Waals surface area contributed by atoms with Gasteiger partial charge >= 0.3 is 5.97 Å². The molecule has 5 nitrogen and oxygen atoms in total. The molecule has 0 aromatic heterocycles. The van der Waals surface area contributed by atoms with Crippen LogP contribution in [0.4, 0.5) is 5.69 Å². The number of nitrogens with one attached hydrogen (secondary N) is 1. The maximum Gasteiger partial charge on any atom is 0.338 e. The van der Waals surface area contributed by atoms with Gasteiger partial charge in [-0.3, -0.25) is 4.72 Å². The van der Waals surface area contributed by atoms with E-state index in [0.29, 0.717) is 11.3 Å². The maximum absolute atomic E-state index is 12.4. The topological polar surface area (TPSA) is 72.5 Å². The van der Waals surface area contributed by atoms with Crippen LogP contribution in [0.15, 0.2) is 53.4 Å². The number of carbonyl (C=O) groups is 1. The highest BCUT2D eigenvalue weighted by molar-refractivity contribution is 7.92. The van der Waals surface area contributed by atoms with Crippen molar-refractivity contribution < 1.29 is 17.9 Å². The third-order valence-electron chi connectivity index (χ3n) is 3.32. The number of benzene rings is 2. The number of rotatable bonds is 6. The molecule has 0 unspecified atom stereocenters. The summed E-state index contributed by atoms with van der Waals surface area (Å²) in [6, 6.07) is 12.9. The van der Waals surface area contributed by atoms with Crippen LogP contribution in [-0.2, 0) is 21.2 Å². The van der Waals surface area contributed by atoms with E-state index < -0.39 is 16.0 Å². The van der Waals surface area contributed by atoms with E-state index in [2.05, 4.69) is 4.72 Å². The number of carbonyl (C=O) groups excluding carboxylic acids is 1. The minimum atomic E-state index is -3.70. The summed E-state index contributed by atoms with van der Waals surface area (Å²) in [5.74, 6) is -0.472. The van der Waals surface area contributed by atoms with Crippen molar-refractivity contribution in [3.05, 3.63) is 59.7 Å². The summed E-state index contributed by atoms with van der Waals surface area (Å²) in [4.78, 5) is 11.7. The van der Waals surface area contributed by atoms with Crippen LogP contribution in [0.2, 0.25) is 0 Å². The average Bonchev–Trinajstić information content (AvgIpc) is 2.55. The molecule has 2 rings (SSSR count). The minimum Gasteiger partial charge on any atom is -0.462 e. The van der Waals surface area contributed by atoms with Gasteiger partial charge in [-0.1, -0.05) is 25.1 Å². The van der Waals surface area contributed by atoms with E-state index in [0.717, 1.165) is 12.0 Å². The molecular weight excluding hydrogens is 314 g/mol. The third-order valence-corrected chi connectivity index (χ3v) is 4.70. The summed E-state index contributed by atoms with van der Waals surface area (Å²) in [7, 11) is -3.70. The molecule has 0 saturated carbocycles. The molecule has 0 aliphatic rings. The van der Waals surface area contributed by atoms with Gasteiger partial charge in [-0.15, -0.1) is 0 Å². The Balaban J connectivity index is 2.24. The number of anilines is 1. The molecule has 23 heavy (non-hydrogen) atoms. The van der Waals surface area contributed by atoms with Crippen LogP contribution in [0, 0.1) is 0 Å². The molecular formula is C17H19NO4S. The number of sulfonamides is 1. The first kappa shape index (κ1) is 17.0. The molecule has 0 aliphatic carbocycles. The smallest absolute Gasteiger partial charge is 0.338 e. The standard InChI is InChI=1S/C17H19NO4S/c1-3-13-7-5-6-8-16(13)18-23(20,21)15-11-9-14(10-12-15)17(19)22-4-2/h5-12,18H,3-4H2,1-2H3. The van der Waals surface area contributed by atoms with Gasteiger partial charge < -0.3 is 4.74 Å². The van der Waals surface area contributed by atoms with Crippen LogP contribution in [0.1, 0.15) is 29.8 Å². The minimum absolute atomic E-state index is 0.0939. The molecule has 0 spiro atoms. The fourth-order valence-electron chi connectivity index (χ4n) is 2.12. The Labute approximate surface area is 136 Å². The molecule has 2 aromatic carbocycles. The van der Waals surface area contributed by atoms with Crippen molar-refractivity contribution in [3.63, 3.8) is 0 Å². The number of hydrogen-bond acceptors (Lipinski definition) is 4. The predicted molar refractivity (Wildman–Crippen MR) is 89.0 cm³/mol. The van der Waals surface area contributed by atoms with E-state index in [1.165, 1.54) is 24.3 Å². The maximum atomic E-state index is 12.4. The molecule has 2 aromatic rings. The zero-order valence-corrected chi connectivity index (χ0v) is 13.9. The van der Waals surface area contributed by atoms with Crippen molar-refractivity contribution in [1.29, 1.82) is 0 Å². The average molecular weight is 333 g/mol. The lowest BCUT2D eigenvalue weighted by Crippen LogP contribution is -2.14. The van der Waals surface area contributed by atoms with Crippen molar-refractivity contribution in [2.45, 2.75) is 25.2 Å². The monoisotopic (exact) mass is 333 g/mol. The number of para-hydroxylation sites is 1. The highest BCUT2D eigenvalue weighted by Crippen LogP contribution is 2.21. The first-order valence-corrected chi connectivity index (χ1v) is 8.84. The lowest BCUT2D eigenvalue weighted by Gasteiger charge is -2.12. The van der Waals surface area contributed by atoms with Gasteiger partial charge in [0.15, 0.2) is 0 Å². The van der Waals surface area contributed by atoms with E-state index in [4.69, 9.17) is 4.74 Å². The Hall–Kier alpha value is -2.34. The summed E-state index contributed by atoms with van der Waals surface area (Å²) in [5.41, 5.74) is 1.79. The Morgan fingerprint density at radius 1 is 1.04 bits per heavy atom. The van der Waals surface area contributed by atoms with E-state index in [9.17, 15) is 13.2 Å². The summed E-state index contributed by atoms with van der Waals surface area (Å²) >= 11 is 0. The first-order valence-electron chi connectivity index (χ1n) is 7.35. The van der Waals surface area contributed by atoms with E-state index in [-0.39, 0.29) is 11.5 Å². The second-order valence-electron chi connectivity index (χ2n) is 4.86. The summed E-state index contributed by atoms with van der Waals surface area (Å²) in [6.07, 6.45) is 0.723. The number of ether oxygens (including phenoxy) is 1. The Kier molecular flexibility index (Phi) is 5.39. The molecule has 0 radical (unpaired) electrons. The molecule has 0 fully saturated rings. The molecule has 0 amide bonds.